The number of methoxy groups -OCH3 is 1. The maximum atomic E-state index is 9.37. The zero-order chi connectivity index (χ0) is 12.7. The first-order valence-corrected chi connectivity index (χ1v) is 5.42. The first-order chi connectivity index (χ1) is 8.17. The molecule has 2 aromatic carbocycles. The van der Waals surface area contributed by atoms with Gasteiger partial charge in [-0.1, -0.05) is 37.3 Å². The number of carboxylic acids is 1. The Kier molecular flexibility index (Phi) is 5.01. The highest BCUT2D eigenvalue weighted by atomic mass is 16.5. The molecule has 3 heteroatoms. The zero-order valence-electron chi connectivity index (χ0n) is 10.0. The fourth-order valence-corrected chi connectivity index (χ4v) is 1.29. The maximum Gasteiger partial charge on any atom is 0.303 e. The number of hydrogen-bond donors (Lipinski definition) is 1. The molecular formula is C14H16O3. The van der Waals surface area contributed by atoms with Crippen LogP contribution in [0.4, 0.5) is 0 Å². The van der Waals surface area contributed by atoms with E-state index in [9.17, 15) is 4.79 Å². The quantitative estimate of drug-likeness (QED) is 0.863. The lowest BCUT2D eigenvalue weighted by Gasteiger charge is -2.00. The summed E-state index contributed by atoms with van der Waals surface area (Å²) in [6.07, 6.45) is 0.222. The molecule has 1 N–H and O–H groups in total. The number of carbonyl (C=O) groups is 1. The van der Waals surface area contributed by atoms with Gasteiger partial charge >= 0.3 is 5.97 Å². The molecule has 0 amide bonds. The molecule has 0 unspecified atom stereocenters. The smallest absolute Gasteiger partial charge is 0.303 e. The third-order valence-corrected chi connectivity index (χ3v) is 2.26. The molecule has 0 aliphatic heterocycles. The highest BCUT2D eigenvalue weighted by molar-refractivity contribution is 5.83. The number of fused-ring (bicyclic) bond motifs is 1. The Hall–Kier alpha value is -2.03. The first-order valence-electron chi connectivity index (χ1n) is 5.42. The zero-order valence-corrected chi connectivity index (χ0v) is 10.0. The number of hydrogen-bond acceptors (Lipinski definition) is 2. The van der Waals surface area contributed by atoms with Crippen molar-refractivity contribution in [3.8, 4) is 5.75 Å². The summed E-state index contributed by atoms with van der Waals surface area (Å²) in [7, 11) is 1.68. The van der Waals surface area contributed by atoms with Crippen LogP contribution in [0.25, 0.3) is 10.8 Å². The van der Waals surface area contributed by atoms with Gasteiger partial charge in [-0.25, -0.2) is 0 Å². The van der Waals surface area contributed by atoms with Gasteiger partial charge in [-0.15, -0.1) is 0 Å². The van der Waals surface area contributed by atoms with Gasteiger partial charge in [-0.2, -0.15) is 0 Å². The summed E-state index contributed by atoms with van der Waals surface area (Å²) in [6, 6.07) is 14.3. The molecule has 3 nitrogen and oxygen atoms in total. The Morgan fingerprint density at radius 2 is 1.76 bits per heavy atom. The molecule has 0 fully saturated rings. The molecule has 0 bridgehead atoms. The summed E-state index contributed by atoms with van der Waals surface area (Å²) in [6.45, 7) is 1.60. The van der Waals surface area contributed by atoms with Crippen molar-refractivity contribution < 1.29 is 14.6 Å². The number of ether oxygens (including phenoxy) is 1. The van der Waals surface area contributed by atoms with Gasteiger partial charge in [0.2, 0.25) is 0 Å². The number of aliphatic carboxylic acids is 1. The van der Waals surface area contributed by atoms with Crippen LogP contribution in [0.5, 0.6) is 5.75 Å². The van der Waals surface area contributed by atoms with Crippen LogP contribution in [0.2, 0.25) is 0 Å². The van der Waals surface area contributed by atoms with Gasteiger partial charge in [0.05, 0.1) is 7.11 Å². The van der Waals surface area contributed by atoms with Crippen molar-refractivity contribution in [2.45, 2.75) is 13.3 Å². The van der Waals surface area contributed by atoms with E-state index in [1.54, 1.807) is 14.0 Å². The monoisotopic (exact) mass is 232 g/mol. The molecule has 90 valence electrons. The molecule has 0 saturated heterocycles. The topological polar surface area (TPSA) is 46.5 Å². The van der Waals surface area contributed by atoms with Crippen molar-refractivity contribution in [2.24, 2.45) is 0 Å². The van der Waals surface area contributed by atoms with E-state index < -0.39 is 5.97 Å². The molecule has 0 aromatic heterocycles. The highest BCUT2D eigenvalue weighted by Gasteiger charge is 1.93. The molecule has 0 heterocycles. The van der Waals surface area contributed by atoms with E-state index in [1.807, 2.05) is 24.3 Å². The van der Waals surface area contributed by atoms with Gasteiger partial charge in [0.15, 0.2) is 0 Å². The predicted molar refractivity (Wildman–Crippen MR) is 68.4 cm³/mol. The highest BCUT2D eigenvalue weighted by Crippen LogP contribution is 2.19. The van der Waals surface area contributed by atoms with Gasteiger partial charge in [0.1, 0.15) is 5.75 Å². The Bertz CT molecular complexity index is 492. The standard InChI is InChI=1S/C11H10O.C3H6O2/c1-12-11-7-6-9-4-2-3-5-10(9)8-11;1-2-3(4)5/h2-8H,1H3;2H2,1H3,(H,4,5). The fourth-order valence-electron chi connectivity index (χ4n) is 1.29. The summed E-state index contributed by atoms with van der Waals surface area (Å²) in [5.74, 6) is 0.165. The second-order valence-electron chi connectivity index (χ2n) is 3.46. The second-order valence-corrected chi connectivity index (χ2v) is 3.46. The van der Waals surface area contributed by atoms with E-state index in [-0.39, 0.29) is 6.42 Å². The molecule has 2 rings (SSSR count). The Morgan fingerprint density at radius 3 is 2.29 bits per heavy atom. The Morgan fingerprint density at radius 1 is 1.18 bits per heavy atom. The van der Waals surface area contributed by atoms with Crippen LogP contribution in [0.1, 0.15) is 13.3 Å². The number of rotatable bonds is 2. The number of benzene rings is 2. The van der Waals surface area contributed by atoms with Crippen LogP contribution in [-0.4, -0.2) is 18.2 Å². The molecule has 0 saturated carbocycles. The van der Waals surface area contributed by atoms with Crippen molar-refractivity contribution in [1.29, 1.82) is 0 Å². The third kappa shape index (κ3) is 4.15. The molecule has 17 heavy (non-hydrogen) atoms. The van der Waals surface area contributed by atoms with Gasteiger partial charge in [-0.3, -0.25) is 4.79 Å². The average molecular weight is 232 g/mol. The summed E-state index contributed by atoms with van der Waals surface area (Å²) >= 11 is 0. The summed E-state index contributed by atoms with van der Waals surface area (Å²) in [5, 5.41) is 10.2. The molecule has 0 spiro atoms. The van der Waals surface area contributed by atoms with Crippen molar-refractivity contribution in [3.63, 3.8) is 0 Å². The van der Waals surface area contributed by atoms with Crippen LogP contribution in [0, 0.1) is 0 Å². The molecule has 0 radical (unpaired) electrons. The molecule has 0 atom stereocenters. The molecular weight excluding hydrogens is 216 g/mol. The molecule has 2 aromatic rings. The van der Waals surface area contributed by atoms with Gasteiger partial charge in [0, 0.05) is 6.42 Å². The summed E-state index contributed by atoms with van der Waals surface area (Å²) in [4.78, 5) is 9.37. The minimum absolute atomic E-state index is 0.222. The van der Waals surface area contributed by atoms with E-state index in [1.165, 1.54) is 10.8 Å². The van der Waals surface area contributed by atoms with Crippen LogP contribution < -0.4 is 4.74 Å². The normalized spacial score (nSPS) is 9.29. The van der Waals surface area contributed by atoms with Gasteiger partial charge < -0.3 is 9.84 Å². The Labute approximate surface area is 101 Å². The van der Waals surface area contributed by atoms with Gasteiger partial charge in [0.25, 0.3) is 0 Å². The van der Waals surface area contributed by atoms with Gasteiger partial charge in [-0.05, 0) is 22.9 Å². The van der Waals surface area contributed by atoms with E-state index in [4.69, 9.17) is 9.84 Å². The number of carboxylic acid groups (broad SMARTS) is 1. The van der Waals surface area contributed by atoms with Crippen LogP contribution >= 0.6 is 0 Å². The van der Waals surface area contributed by atoms with Crippen molar-refractivity contribution in [2.75, 3.05) is 7.11 Å². The minimum Gasteiger partial charge on any atom is -0.497 e. The van der Waals surface area contributed by atoms with Crippen LogP contribution in [0.15, 0.2) is 42.5 Å². The first kappa shape index (κ1) is 13.0. The minimum atomic E-state index is -0.745. The lowest BCUT2D eigenvalue weighted by atomic mass is 10.1. The van der Waals surface area contributed by atoms with E-state index in [0.717, 1.165) is 5.75 Å². The van der Waals surface area contributed by atoms with E-state index in [2.05, 4.69) is 18.2 Å². The average Bonchev–Trinajstić information content (AvgIpc) is 2.38. The van der Waals surface area contributed by atoms with Crippen molar-refractivity contribution in [3.05, 3.63) is 42.5 Å². The summed E-state index contributed by atoms with van der Waals surface area (Å²) < 4.78 is 5.12. The van der Waals surface area contributed by atoms with E-state index in [0.29, 0.717) is 0 Å². The SMILES string of the molecule is CCC(=O)O.COc1ccc2ccccc2c1. The van der Waals surface area contributed by atoms with Crippen molar-refractivity contribution in [1.82, 2.24) is 0 Å². The van der Waals surface area contributed by atoms with Crippen molar-refractivity contribution >= 4 is 16.7 Å². The lowest BCUT2D eigenvalue weighted by molar-refractivity contribution is -0.136. The predicted octanol–water partition coefficient (Wildman–Crippen LogP) is 3.33. The lowest BCUT2D eigenvalue weighted by Crippen LogP contribution is -1.86. The molecule has 0 aliphatic rings. The van der Waals surface area contributed by atoms with Crippen LogP contribution in [0.3, 0.4) is 0 Å². The summed E-state index contributed by atoms with van der Waals surface area (Å²) in [5.41, 5.74) is 0. The largest absolute Gasteiger partial charge is 0.497 e. The molecule has 0 aliphatic carbocycles. The third-order valence-electron chi connectivity index (χ3n) is 2.26. The fraction of sp³-hybridized carbons (Fsp3) is 0.214. The second kappa shape index (κ2) is 6.53. The van der Waals surface area contributed by atoms with Crippen LogP contribution in [-0.2, 0) is 4.79 Å². The maximum absolute atomic E-state index is 9.37. The van der Waals surface area contributed by atoms with E-state index >= 15 is 0 Å². The Balaban J connectivity index is 0.000000249.